The summed E-state index contributed by atoms with van der Waals surface area (Å²) in [6.45, 7) is 4.62. The highest BCUT2D eigenvalue weighted by Gasteiger charge is 2.36. The first-order valence-electron chi connectivity index (χ1n) is 21.5. The van der Waals surface area contributed by atoms with Crippen LogP contribution in [-0.4, -0.2) is 15.0 Å². The van der Waals surface area contributed by atoms with Crippen molar-refractivity contribution in [3.63, 3.8) is 0 Å². The molecule has 13 aromatic rings. The zero-order valence-corrected chi connectivity index (χ0v) is 35.2. The first-order chi connectivity index (χ1) is 30.9. The first-order valence-corrected chi connectivity index (χ1v) is 22.3. The normalized spacial score (nSPS) is 13.4. The van der Waals surface area contributed by atoms with Crippen molar-refractivity contribution in [3.8, 4) is 45.3 Å². The van der Waals surface area contributed by atoms with E-state index >= 15 is 0 Å². The molecule has 0 amide bonds. The smallest absolute Gasteiger partial charge is 0.164 e. The second-order valence-electron chi connectivity index (χ2n) is 17.5. The monoisotopic (exact) mass is 821 g/mol. The summed E-state index contributed by atoms with van der Waals surface area (Å²) in [6.07, 6.45) is 0. The molecule has 63 heavy (non-hydrogen) atoms. The van der Waals surface area contributed by atoms with Crippen molar-refractivity contribution in [2.75, 3.05) is 0 Å². The van der Waals surface area contributed by atoms with Crippen molar-refractivity contribution in [1.29, 1.82) is 0 Å². The van der Waals surface area contributed by atoms with Gasteiger partial charge in [-0.1, -0.05) is 141 Å². The Bertz CT molecular complexity index is 4130. The molecule has 1 aliphatic rings. The highest BCUT2D eigenvalue weighted by molar-refractivity contribution is 7.25. The topological polar surface area (TPSA) is 51.8 Å². The second kappa shape index (κ2) is 12.7. The molecule has 3 aromatic heterocycles. The van der Waals surface area contributed by atoms with Gasteiger partial charge in [0.15, 0.2) is 17.5 Å². The van der Waals surface area contributed by atoms with Crippen molar-refractivity contribution >= 4 is 96.5 Å². The minimum absolute atomic E-state index is 0.140. The lowest BCUT2D eigenvalue weighted by atomic mass is 9.82. The fourth-order valence-electron chi connectivity index (χ4n) is 10.6. The quantitative estimate of drug-likeness (QED) is 0.167. The number of furan rings is 1. The van der Waals surface area contributed by atoms with E-state index in [9.17, 15) is 0 Å². The molecule has 0 saturated carbocycles. The van der Waals surface area contributed by atoms with Crippen molar-refractivity contribution in [3.05, 3.63) is 187 Å². The van der Waals surface area contributed by atoms with Crippen molar-refractivity contribution in [2.45, 2.75) is 19.3 Å². The van der Waals surface area contributed by atoms with Crippen LogP contribution in [0.5, 0.6) is 0 Å². The van der Waals surface area contributed by atoms with Crippen LogP contribution in [0.3, 0.4) is 0 Å². The third kappa shape index (κ3) is 5.00. The molecule has 0 aliphatic heterocycles. The zero-order valence-electron chi connectivity index (χ0n) is 34.4. The predicted octanol–water partition coefficient (Wildman–Crippen LogP) is 16.1. The number of hydrogen-bond donors (Lipinski definition) is 0. The summed E-state index contributed by atoms with van der Waals surface area (Å²) in [6, 6.07) is 63.6. The van der Waals surface area contributed by atoms with Gasteiger partial charge >= 0.3 is 0 Å². The fraction of sp³-hybridized carbons (Fsp3) is 0.0517. The molecular formula is C58H35N3OS. The van der Waals surface area contributed by atoms with Gasteiger partial charge in [-0.2, -0.15) is 0 Å². The molecule has 5 heteroatoms. The Hall–Kier alpha value is -7.73. The maximum Gasteiger partial charge on any atom is 0.164 e. The minimum atomic E-state index is -0.140. The van der Waals surface area contributed by atoms with Gasteiger partial charge in [0.1, 0.15) is 11.2 Å². The molecule has 10 aromatic carbocycles. The van der Waals surface area contributed by atoms with Gasteiger partial charge in [-0.3, -0.25) is 0 Å². The molecule has 0 N–H and O–H groups in total. The van der Waals surface area contributed by atoms with Gasteiger partial charge in [0.25, 0.3) is 0 Å². The second-order valence-corrected chi connectivity index (χ2v) is 18.6. The van der Waals surface area contributed by atoms with Crippen LogP contribution in [0.1, 0.15) is 25.0 Å². The molecular weight excluding hydrogens is 787 g/mol. The van der Waals surface area contributed by atoms with Crippen molar-refractivity contribution < 1.29 is 4.42 Å². The summed E-state index contributed by atoms with van der Waals surface area (Å²) in [5, 5.41) is 14.2. The Morgan fingerprint density at radius 3 is 1.81 bits per heavy atom. The van der Waals surface area contributed by atoms with E-state index in [0.717, 1.165) is 38.6 Å². The molecule has 0 atom stereocenters. The number of nitrogens with zero attached hydrogens (tertiary/aromatic N) is 3. The van der Waals surface area contributed by atoms with E-state index in [0.29, 0.717) is 17.5 Å². The molecule has 0 radical (unpaired) electrons. The summed E-state index contributed by atoms with van der Waals surface area (Å²) in [5.41, 5.74) is 9.46. The van der Waals surface area contributed by atoms with Crippen LogP contribution >= 0.6 is 11.3 Å². The van der Waals surface area contributed by atoms with Gasteiger partial charge in [0, 0.05) is 53.1 Å². The highest BCUT2D eigenvalue weighted by atomic mass is 32.1. The van der Waals surface area contributed by atoms with E-state index in [4.69, 9.17) is 19.4 Å². The summed E-state index contributed by atoms with van der Waals surface area (Å²) < 4.78 is 9.23. The van der Waals surface area contributed by atoms with Crippen molar-refractivity contribution in [1.82, 2.24) is 15.0 Å². The predicted molar refractivity (Wildman–Crippen MR) is 264 cm³/mol. The third-order valence-electron chi connectivity index (χ3n) is 13.7. The molecule has 0 saturated heterocycles. The van der Waals surface area contributed by atoms with Gasteiger partial charge in [0.2, 0.25) is 0 Å². The number of aromatic nitrogens is 3. The van der Waals surface area contributed by atoms with Gasteiger partial charge < -0.3 is 4.42 Å². The number of rotatable bonds is 3. The highest BCUT2D eigenvalue weighted by Crippen LogP contribution is 2.51. The number of hydrogen-bond acceptors (Lipinski definition) is 5. The zero-order chi connectivity index (χ0) is 41.6. The van der Waals surface area contributed by atoms with E-state index in [2.05, 4.69) is 190 Å². The minimum Gasteiger partial charge on any atom is -0.456 e. The fourth-order valence-corrected chi connectivity index (χ4v) is 11.7. The maximum absolute atomic E-state index is 6.73. The van der Waals surface area contributed by atoms with Crippen LogP contribution in [0.15, 0.2) is 180 Å². The maximum atomic E-state index is 6.73. The molecule has 0 fully saturated rings. The Kier molecular flexibility index (Phi) is 7.02. The Morgan fingerprint density at radius 1 is 0.381 bits per heavy atom. The number of benzene rings is 10. The average Bonchev–Trinajstić information content (AvgIpc) is 3.97. The van der Waals surface area contributed by atoms with Crippen LogP contribution in [0, 0.1) is 0 Å². The van der Waals surface area contributed by atoms with Gasteiger partial charge in [-0.25, -0.2) is 15.0 Å². The number of fused-ring (bicyclic) bond motifs is 16. The van der Waals surface area contributed by atoms with E-state index < -0.39 is 0 Å². The summed E-state index contributed by atoms with van der Waals surface area (Å²) in [4.78, 5) is 16.1. The summed E-state index contributed by atoms with van der Waals surface area (Å²) >= 11 is 1.81. The van der Waals surface area contributed by atoms with Gasteiger partial charge in [0.05, 0.1) is 0 Å². The standard InChI is InChI=1S/C58H35N3OS/c1-58(2)46-15-7-5-12-39(46)43-30-45-49(31-47(43)58)62-48-16-9-14-41(54(45)48)57-60-55(59-56(61-57)37-26-27-51-44(29-37)40-13-6-8-17-50(40)63-51)36-25-20-33-19-22-35-24-23-34-21-18-32-10-3-4-11-38(32)52(34)53(35)42(33)28-36/h3-31H,1-2H3. The van der Waals surface area contributed by atoms with Crippen LogP contribution in [-0.2, 0) is 5.41 Å². The SMILES string of the molecule is CC1(C)c2ccccc2-c2cc3c(cc21)oc1cccc(-c2nc(-c4ccc5sc6ccccc6c5c4)nc(-c4ccc5ccc6ccc7ccc8ccccc8c7c6c5c4)n2)c13. The van der Waals surface area contributed by atoms with Crippen LogP contribution in [0.4, 0.5) is 0 Å². The molecule has 1 aliphatic carbocycles. The lowest BCUT2D eigenvalue weighted by Gasteiger charge is -2.21. The Morgan fingerprint density at radius 2 is 0.984 bits per heavy atom. The molecule has 3 heterocycles. The van der Waals surface area contributed by atoms with Gasteiger partial charge in [-0.05, 0) is 114 Å². The lowest BCUT2D eigenvalue weighted by molar-refractivity contribution is 0.647. The molecule has 294 valence electrons. The van der Waals surface area contributed by atoms with Crippen LogP contribution in [0.2, 0.25) is 0 Å². The molecule has 0 bridgehead atoms. The van der Waals surface area contributed by atoms with Gasteiger partial charge in [-0.15, -0.1) is 11.3 Å². The molecule has 0 spiro atoms. The Balaban J connectivity index is 1.04. The summed E-state index contributed by atoms with van der Waals surface area (Å²) in [5.74, 6) is 1.85. The lowest BCUT2D eigenvalue weighted by Crippen LogP contribution is -2.14. The molecule has 0 unspecified atom stereocenters. The van der Waals surface area contributed by atoms with E-state index in [1.165, 1.54) is 85.5 Å². The molecule has 4 nitrogen and oxygen atoms in total. The van der Waals surface area contributed by atoms with Crippen LogP contribution < -0.4 is 0 Å². The van der Waals surface area contributed by atoms with E-state index in [1.807, 2.05) is 11.3 Å². The number of thiophene rings is 1. The molecule has 14 rings (SSSR count). The third-order valence-corrected chi connectivity index (χ3v) is 14.8. The Labute approximate surface area is 365 Å². The average molecular weight is 822 g/mol. The summed E-state index contributed by atoms with van der Waals surface area (Å²) in [7, 11) is 0. The largest absolute Gasteiger partial charge is 0.456 e. The van der Waals surface area contributed by atoms with Crippen LogP contribution in [0.25, 0.3) is 130 Å². The van der Waals surface area contributed by atoms with Crippen molar-refractivity contribution in [2.24, 2.45) is 0 Å². The van der Waals surface area contributed by atoms with E-state index in [1.54, 1.807) is 0 Å². The van der Waals surface area contributed by atoms with E-state index in [-0.39, 0.29) is 5.41 Å². The first kappa shape index (κ1) is 34.9.